The summed E-state index contributed by atoms with van der Waals surface area (Å²) in [5, 5.41) is 1.89. The number of rotatable bonds is 8. The van der Waals surface area contributed by atoms with Gasteiger partial charge in [0.2, 0.25) is 0 Å². The molecule has 1 fully saturated rings. The second-order valence-corrected chi connectivity index (χ2v) is 16.2. The number of hydrogen-bond donors (Lipinski definition) is 0. The lowest BCUT2D eigenvalue weighted by atomic mass is 9.96. The minimum atomic E-state index is -4.21. The second-order valence-electron chi connectivity index (χ2n) is 10.8. The van der Waals surface area contributed by atoms with Crippen molar-refractivity contribution in [3.63, 3.8) is 0 Å². The van der Waals surface area contributed by atoms with Crippen LogP contribution < -0.4 is 15.1 Å². The van der Waals surface area contributed by atoms with Crippen molar-refractivity contribution >= 4 is 29.1 Å². The Hall–Kier alpha value is -2.79. The van der Waals surface area contributed by atoms with E-state index in [9.17, 15) is 8.42 Å². The van der Waals surface area contributed by atoms with E-state index in [0.29, 0.717) is 0 Å². The summed E-state index contributed by atoms with van der Waals surface area (Å²) in [7, 11) is -5.57. The lowest BCUT2D eigenvalue weighted by molar-refractivity contribution is -0.0481. The molecule has 7 nitrogen and oxygen atoms in total. The molecule has 3 aromatic carbocycles. The molecule has 1 heterocycles. The number of methoxy groups -OCH3 is 1. The first-order chi connectivity index (χ1) is 18.6. The predicted octanol–water partition coefficient (Wildman–Crippen LogP) is 4.12. The summed E-state index contributed by atoms with van der Waals surface area (Å²) in [5.74, 6) is 0.748. The minimum Gasteiger partial charge on any atom is -0.497 e. The average Bonchev–Trinajstić information content (AvgIpc) is 3.27. The van der Waals surface area contributed by atoms with Crippen LogP contribution in [0.15, 0.2) is 97.1 Å². The van der Waals surface area contributed by atoms with E-state index in [0.717, 1.165) is 21.7 Å². The Morgan fingerprint density at radius 1 is 0.769 bits per heavy atom. The molecule has 1 aliphatic heterocycles. The van der Waals surface area contributed by atoms with Gasteiger partial charge in [-0.1, -0.05) is 106 Å². The number of benzene rings is 3. The summed E-state index contributed by atoms with van der Waals surface area (Å²) in [6.45, 7) is 6.79. The number of hydrogen-bond acceptors (Lipinski definition) is 7. The highest BCUT2D eigenvalue weighted by Crippen LogP contribution is 2.41. The average molecular weight is 567 g/mol. The Kier molecular flexibility index (Phi) is 7.83. The maximum Gasteiger partial charge on any atom is 0.400 e. The molecular formula is C30H34O7SSi. The molecule has 5 rings (SSSR count). The third-order valence-corrected chi connectivity index (χ3v) is 13.2. The first kappa shape index (κ1) is 27.8. The first-order valence-corrected chi connectivity index (χ1v) is 16.2. The van der Waals surface area contributed by atoms with Crippen molar-refractivity contribution in [3.05, 3.63) is 103 Å². The Bertz CT molecular complexity index is 1350. The van der Waals surface area contributed by atoms with E-state index >= 15 is 0 Å². The maximum absolute atomic E-state index is 12.5. The van der Waals surface area contributed by atoms with Crippen molar-refractivity contribution in [2.45, 2.75) is 56.8 Å². The largest absolute Gasteiger partial charge is 0.497 e. The Morgan fingerprint density at radius 2 is 1.28 bits per heavy atom. The van der Waals surface area contributed by atoms with Crippen molar-refractivity contribution in [2.75, 3.05) is 7.11 Å². The fraction of sp³-hybridized carbons (Fsp3) is 0.333. The predicted molar refractivity (Wildman–Crippen MR) is 152 cm³/mol. The zero-order chi connectivity index (χ0) is 27.7. The third-order valence-electron chi connectivity index (χ3n) is 7.25. The Morgan fingerprint density at radius 3 is 1.79 bits per heavy atom. The fourth-order valence-electron chi connectivity index (χ4n) is 5.39. The van der Waals surface area contributed by atoms with Gasteiger partial charge in [-0.2, -0.15) is 8.42 Å². The van der Waals surface area contributed by atoms with Crippen molar-refractivity contribution in [2.24, 2.45) is 0 Å². The molecule has 0 radical (unpaired) electrons. The quantitative estimate of drug-likeness (QED) is 0.300. The van der Waals surface area contributed by atoms with Crippen LogP contribution in [-0.2, 0) is 34.5 Å². The van der Waals surface area contributed by atoms with E-state index in [1.54, 1.807) is 7.11 Å². The van der Waals surface area contributed by atoms with E-state index in [2.05, 4.69) is 45.0 Å². The molecule has 1 saturated heterocycles. The van der Waals surface area contributed by atoms with Crippen LogP contribution in [0.25, 0.3) is 0 Å². The normalized spacial score (nSPS) is 24.3. The summed E-state index contributed by atoms with van der Waals surface area (Å²) < 4.78 is 54.5. The van der Waals surface area contributed by atoms with Crippen LogP contribution in [0.3, 0.4) is 0 Å². The van der Waals surface area contributed by atoms with Gasteiger partial charge in [-0.05, 0) is 33.1 Å². The van der Waals surface area contributed by atoms with E-state index in [-0.39, 0.29) is 11.6 Å². The Labute approximate surface area is 231 Å². The second kappa shape index (κ2) is 11.0. The summed E-state index contributed by atoms with van der Waals surface area (Å²) in [5.41, 5.74) is 0.924. The molecule has 4 atom stereocenters. The monoisotopic (exact) mass is 566 g/mol. The Balaban J connectivity index is 1.49. The summed E-state index contributed by atoms with van der Waals surface area (Å²) >= 11 is 0. The minimum absolute atomic E-state index is 0.270. The SMILES string of the molecule is COc1ccc(CO[C@@H]2C=C[C@@H](O[Si](c3ccccc3)(c3ccccc3)C(C)(C)C)[C@H]3OS(=O)(=O)O[C@H]32)cc1. The van der Waals surface area contributed by atoms with Gasteiger partial charge in [0.05, 0.1) is 19.8 Å². The van der Waals surface area contributed by atoms with Crippen LogP contribution in [0, 0.1) is 0 Å². The van der Waals surface area contributed by atoms with Crippen LogP contribution in [-0.4, -0.2) is 48.3 Å². The van der Waals surface area contributed by atoms with Crippen molar-refractivity contribution in [1.29, 1.82) is 0 Å². The molecule has 206 valence electrons. The zero-order valence-electron chi connectivity index (χ0n) is 22.5. The van der Waals surface area contributed by atoms with Crippen LogP contribution in [0.1, 0.15) is 26.3 Å². The summed E-state index contributed by atoms with van der Waals surface area (Å²) in [6.07, 6.45) is 0.637. The van der Waals surface area contributed by atoms with Gasteiger partial charge in [-0.25, -0.2) is 8.37 Å². The molecule has 0 unspecified atom stereocenters. The fourth-order valence-corrected chi connectivity index (χ4v) is 11.1. The maximum atomic E-state index is 12.5. The standard InChI is InChI=1S/C30H34O7SSi/c1-30(2,3)39(24-11-7-5-8-12-24,25-13-9-6-10-14-25)37-27-20-19-26(28-29(27)36-38(31,32)35-28)34-21-22-15-17-23(33-4)18-16-22/h5-20,26-29H,21H2,1-4H3/t26-,27-,28+,29-/m1/s1. The van der Waals surface area contributed by atoms with E-state index < -0.39 is 43.1 Å². The highest BCUT2D eigenvalue weighted by Gasteiger charge is 2.56. The molecule has 3 aromatic rings. The topological polar surface area (TPSA) is 80.3 Å². The van der Waals surface area contributed by atoms with Crippen LogP contribution >= 0.6 is 0 Å². The summed E-state index contributed by atoms with van der Waals surface area (Å²) in [4.78, 5) is 0. The van der Waals surface area contributed by atoms with E-state index in [1.807, 2.05) is 72.8 Å². The molecule has 0 spiro atoms. The van der Waals surface area contributed by atoms with E-state index in [4.69, 9.17) is 22.3 Å². The number of fused-ring (bicyclic) bond motifs is 1. The molecule has 0 saturated carbocycles. The van der Waals surface area contributed by atoms with Gasteiger partial charge in [-0.3, -0.25) is 0 Å². The van der Waals surface area contributed by atoms with Crippen LogP contribution in [0.5, 0.6) is 5.75 Å². The van der Waals surface area contributed by atoms with E-state index in [1.165, 1.54) is 0 Å². The van der Waals surface area contributed by atoms with Gasteiger partial charge in [0.1, 0.15) is 24.1 Å². The molecule has 0 N–H and O–H groups in total. The van der Waals surface area contributed by atoms with Gasteiger partial charge in [0, 0.05) is 0 Å². The summed E-state index contributed by atoms with van der Waals surface area (Å²) in [6, 6.07) is 27.9. The third kappa shape index (κ3) is 5.61. The van der Waals surface area contributed by atoms with Crippen LogP contribution in [0.4, 0.5) is 0 Å². The molecule has 1 aliphatic carbocycles. The number of ether oxygens (including phenoxy) is 2. The highest BCUT2D eigenvalue weighted by atomic mass is 32.3. The van der Waals surface area contributed by atoms with Gasteiger partial charge in [0.25, 0.3) is 8.32 Å². The van der Waals surface area contributed by atoms with Gasteiger partial charge in [-0.15, -0.1) is 0 Å². The lowest BCUT2D eigenvalue weighted by Crippen LogP contribution is -2.69. The molecule has 2 aliphatic rings. The molecule has 39 heavy (non-hydrogen) atoms. The smallest absolute Gasteiger partial charge is 0.400 e. The molecule has 9 heteroatoms. The van der Waals surface area contributed by atoms with Crippen molar-refractivity contribution in [3.8, 4) is 5.75 Å². The first-order valence-electron chi connectivity index (χ1n) is 13.0. The van der Waals surface area contributed by atoms with Gasteiger partial charge in [0.15, 0.2) is 0 Å². The van der Waals surface area contributed by atoms with Gasteiger partial charge < -0.3 is 13.9 Å². The van der Waals surface area contributed by atoms with Gasteiger partial charge >= 0.3 is 10.4 Å². The molecule has 0 aromatic heterocycles. The molecule has 0 bridgehead atoms. The molecule has 0 amide bonds. The molecular weight excluding hydrogens is 532 g/mol. The van der Waals surface area contributed by atoms with Crippen LogP contribution in [0.2, 0.25) is 5.04 Å². The lowest BCUT2D eigenvalue weighted by Gasteiger charge is -2.46. The van der Waals surface area contributed by atoms with Crippen molar-refractivity contribution in [1.82, 2.24) is 0 Å². The van der Waals surface area contributed by atoms with Crippen molar-refractivity contribution < 1.29 is 30.7 Å². The zero-order valence-corrected chi connectivity index (χ0v) is 24.3. The highest BCUT2D eigenvalue weighted by molar-refractivity contribution is 7.82.